The van der Waals surface area contributed by atoms with Crippen LogP contribution in [0.25, 0.3) is 0 Å². The summed E-state index contributed by atoms with van der Waals surface area (Å²) in [5.74, 6) is -1.06. The maximum absolute atomic E-state index is 12.1. The fraction of sp³-hybridized carbons (Fsp3) is 0.429. The van der Waals surface area contributed by atoms with Crippen LogP contribution in [0.1, 0.15) is 11.1 Å². The third-order valence-electron chi connectivity index (χ3n) is 3.38. The summed E-state index contributed by atoms with van der Waals surface area (Å²) in [6, 6.07) is 7.95. The van der Waals surface area contributed by atoms with E-state index in [0.29, 0.717) is 13.1 Å². The van der Waals surface area contributed by atoms with Gasteiger partial charge in [-0.3, -0.25) is 9.59 Å². The van der Waals surface area contributed by atoms with Gasteiger partial charge in [0.15, 0.2) is 0 Å². The Kier molecular flexibility index (Phi) is 4.16. The molecule has 0 aliphatic carbocycles. The molecule has 0 aromatic heterocycles. The van der Waals surface area contributed by atoms with Gasteiger partial charge in [-0.25, -0.2) is 0 Å². The van der Waals surface area contributed by atoms with Gasteiger partial charge in [-0.2, -0.15) is 0 Å². The standard InChI is InChI=1S/C14H18N2O3/c1-15(8-9-17)13(18)14(19)16-7-6-11-4-2-3-5-12(11)10-16/h2-5,17H,6-10H2,1H3. The maximum Gasteiger partial charge on any atom is 0.312 e. The molecule has 5 heteroatoms. The molecule has 0 saturated heterocycles. The number of aliphatic hydroxyl groups is 1. The highest BCUT2D eigenvalue weighted by molar-refractivity contribution is 6.34. The summed E-state index contributed by atoms with van der Waals surface area (Å²) in [5.41, 5.74) is 2.34. The number of nitrogens with zero attached hydrogens (tertiary/aromatic N) is 2. The Hall–Kier alpha value is -1.88. The van der Waals surface area contributed by atoms with Gasteiger partial charge in [0.05, 0.1) is 6.61 Å². The minimum Gasteiger partial charge on any atom is -0.395 e. The Morgan fingerprint density at radius 3 is 2.68 bits per heavy atom. The molecule has 0 fully saturated rings. The normalized spacial score (nSPS) is 13.9. The minimum absolute atomic E-state index is 0.141. The second kappa shape index (κ2) is 5.84. The average molecular weight is 262 g/mol. The molecule has 5 nitrogen and oxygen atoms in total. The van der Waals surface area contributed by atoms with E-state index in [1.807, 2.05) is 18.2 Å². The van der Waals surface area contributed by atoms with Gasteiger partial charge in [0.25, 0.3) is 0 Å². The molecule has 19 heavy (non-hydrogen) atoms. The molecule has 1 N–H and O–H groups in total. The number of carbonyl (C=O) groups excluding carboxylic acids is 2. The summed E-state index contributed by atoms with van der Waals surface area (Å²) in [4.78, 5) is 26.8. The second-order valence-corrected chi connectivity index (χ2v) is 4.70. The number of carbonyl (C=O) groups is 2. The molecule has 0 radical (unpaired) electrons. The molecule has 0 atom stereocenters. The number of fused-ring (bicyclic) bond motifs is 1. The summed E-state index contributed by atoms with van der Waals surface area (Å²) in [7, 11) is 1.52. The fourth-order valence-electron chi connectivity index (χ4n) is 2.22. The zero-order valence-electron chi connectivity index (χ0n) is 11.0. The van der Waals surface area contributed by atoms with E-state index >= 15 is 0 Å². The van der Waals surface area contributed by atoms with E-state index < -0.39 is 11.8 Å². The van der Waals surface area contributed by atoms with Crippen molar-refractivity contribution in [2.24, 2.45) is 0 Å². The smallest absolute Gasteiger partial charge is 0.312 e. The van der Waals surface area contributed by atoms with Crippen LogP contribution in [0.4, 0.5) is 0 Å². The first-order valence-electron chi connectivity index (χ1n) is 6.35. The minimum atomic E-state index is -0.562. The molecule has 0 spiro atoms. The number of hydrogen-bond donors (Lipinski definition) is 1. The van der Waals surface area contributed by atoms with E-state index in [0.717, 1.165) is 12.0 Å². The van der Waals surface area contributed by atoms with E-state index in [1.54, 1.807) is 4.90 Å². The van der Waals surface area contributed by atoms with Gasteiger partial charge in [0.1, 0.15) is 0 Å². The van der Waals surface area contributed by atoms with Crippen LogP contribution in [-0.4, -0.2) is 53.5 Å². The van der Waals surface area contributed by atoms with Crippen LogP contribution in [-0.2, 0) is 22.6 Å². The molecule has 1 aromatic carbocycles. The van der Waals surface area contributed by atoms with Gasteiger partial charge in [-0.1, -0.05) is 24.3 Å². The van der Waals surface area contributed by atoms with Crippen LogP contribution in [0.3, 0.4) is 0 Å². The lowest BCUT2D eigenvalue weighted by molar-refractivity contribution is -0.151. The van der Waals surface area contributed by atoms with Crippen molar-refractivity contribution in [1.82, 2.24) is 9.80 Å². The SMILES string of the molecule is CN(CCO)C(=O)C(=O)N1CCc2ccccc2C1. The van der Waals surface area contributed by atoms with Gasteiger partial charge in [-0.05, 0) is 17.5 Å². The van der Waals surface area contributed by atoms with Crippen LogP contribution in [0.15, 0.2) is 24.3 Å². The third kappa shape index (κ3) is 2.93. The van der Waals surface area contributed by atoms with Crippen molar-refractivity contribution in [3.05, 3.63) is 35.4 Å². The average Bonchev–Trinajstić information content (AvgIpc) is 2.45. The van der Waals surface area contributed by atoms with E-state index in [9.17, 15) is 9.59 Å². The predicted octanol–water partition coefficient (Wildman–Crippen LogP) is 0.0220. The van der Waals surface area contributed by atoms with Gasteiger partial charge < -0.3 is 14.9 Å². The Morgan fingerprint density at radius 1 is 1.32 bits per heavy atom. The Labute approximate surface area is 112 Å². The first-order valence-corrected chi connectivity index (χ1v) is 6.35. The molecular formula is C14H18N2O3. The monoisotopic (exact) mass is 262 g/mol. The van der Waals surface area contributed by atoms with Crippen molar-refractivity contribution in [1.29, 1.82) is 0 Å². The Balaban J connectivity index is 2.04. The van der Waals surface area contributed by atoms with Gasteiger partial charge >= 0.3 is 11.8 Å². The Bertz CT molecular complexity index is 487. The van der Waals surface area contributed by atoms with Crippen molar-refractivity contribution >= 4 is 11.8 Å². The zero-order valence-corrected chi connectivity index (χ0v) is 11.0. The first kappa shape index (κ1) is 13.5. The van der Waals surface area contributed by atoms with Crippen molar-refractivity contribution < 1.29 is 14.7 Å². The highest BCUT2D eigenvalue weighted by Crippen LogP contribution is 2.18. The van der Waals surface area contributed by atoms with Crippen LogP contribution in [0.2, 0.25) is 0 Å². The third-order valence-corrected chi connectivity index (χ3v) is 3.38. The topological polar surface area (TPSA) is 60.9 Å². The second-order valence-electron chi connectivity index (χ2n) is 4.70. The molecule has 1 aliphatic rings. The largest absolute Gasteiger partial charge is 0.395 e. The lowest BCUT2D eigenvalue weighted by atomic mass is 10.00. The van der Waals surface area contributed by atoms with E-state index in [-0.39, 0.29) is 13.2 Å². The van der Waals surface area contributed by atoms with Crippen LogP contribution >= 0.6 is 0 Å². The lowest BCUT2D eigenvalue weighted by Crippen LogP contribution is -2.46. The maximum atomic E-state index is 12.1. The summed E-state index contributed by atoms with van der Waals surface area (Å²) >= 11 is 0. The van der Waals surface area contributed by atoms with Crippen molar-refractivity contribution in [3.8, 4) is 0 Å². The van der Waals surface area contributed by atoms with Crippen molar-refractivity contribution in [2.75, 3.05) is 26.7 Å². The van der Waals surface area contributed by atoms with E-state index in [2.05, 4.69) is 6.07 Å². The summed E-state index contributed by atoms with van der Waals surface area (Å²) in [5, 5.41) is 8.79. The highest BCUT2D eigenvalue weighted by atomic mass is 16.3. The molecule has 1 aliphatic heterocycles. The van der Waals surface area contributed by atoms with Crippen LogP contribution < -0.4 is 0 Å². The van der Waals surface area contributed by atoms with Crippen molar-refractivity contribution in [3.63, 3.8) is 0 Å². The molecule has 0 bridgehead atoms. The molecule has 102 valence electrons. The number of hydrogen-bond acceptors (Lipinski definition) is 3. The quantitative estimate of drug-likeness (QED) is 0.764. The molecular weight excluding hydrogens is 244 g/mol. The van der Waals surface area contributed by atoms with E-state index in [4.69, 9.17) is 5.11 Å². The van der Waals surface area contributed by atoms with Gasteiger partial charge in [-0.15, -0.1) is 0 Å². The molecule has 2 amide bonds. The summed E-state index contributed by atoms with van der Waals surface area (Å²) in [6.45, 7) is 1.08. The number of amides is 2. The Morgan fingerprint density at radius 2 is 2.00 bits per heavy atom. The molecule has 0 unspecified atom stereocenters. The lowest BCUT2D eigenvalue weighted by Gasteiger charge is -2.29. The number of benzene rings is 1. The fourth-order valence-corrected chi connectivity index (χ4v) is 2.22. The predicted molar refractivity (Wildman–Crippen MR) is 70.3 cm³/mol. The molecule has 0 saturated carbocycles. The molecule has 1 aromatic rings. The molecule has 1 heterocycles. The van der Waals surface area contributed by atoms with Gasteiger partial charge in [0.2, 0.25) is 0 Å². The van der Waals surface area contributed by atoms with Gasteiger partial charge in [0, 0.05) is 26.7 Å². The number of rotatable bonds is 2. The first-order chi connectivity index (χ1) is 9.13. The highest BCUT2D eigenvalue weighted by Gasteiger charge is 2.27. The molecule has 2 rings (SSSR count). The van der Waals surface area contributed by atoms with Crippen LogP contribution in [0, 0.1) is 0 Å². The van der Waals surface area contributed by atoms with E-state index in [1.165, 1.54) is 17.5 Å². The number of aliphatic hydroxyl groups excluding tert-OH is 1. The zero-order chi connectivity index (χ0) is 13.8. The summed E-state index contributed by atoms with van der Waals surface area (Å²) < 4.78 is 0. The number of likely N-dealkylation sites (N-methyl/N-ethyl adjacent to an activating group) is 1. The summed E-state index contributed by atoms with van der Waals surface area (Å²) in [6.07, 6.45) is 0.777. The van der Waals surface area contributed by atoms with Crippen LogP contribution in [0.5, 0.6) is 0 Å². The van der Waals surface area contributed by atoms with Crippen molar-refractivity contribution in [2.45, 2.75) is 13.0 Å².